The quantitative estimate of drug-likeness (QED) is 0.160. The van der Waals surface area contributed by atoms with E-state index in [1.807, 2.05) is 0 Å². The third kappa shape index (κ3) is 5.23. The van der Waals surface area contributed by atoms with E-state index >= 15 is 0 Å². The SMILES string of the molecule is OC[C@H]1O[C@H](OC[C@H]2O[C@H](OC3[C@@H](O)[C@H](O)C(O)[C@H](O)[C@@H]3O)[C@H](O)[C@@H](O)[C@H]2O)[C@H](O)[C@@H](O)[C@H]1O. The molecule has 16 atom stereocenters. The summed E-state index contributed by atoms with van der Waals surface area (Å²) in [5.74, 6) is 0. The summed E-state index contributed by atoms with van der Waals surface area (Å²) in [6.45, 7) is -1.36. The van der Waals surface area contributed by atoms with E-state index < -0.39 is 111 Å². The molecule has 0 aromatic rings. The number of aliphatic hydroxyl groups is 12. The van der Waals surface area contributed by atoms with Crippen LogP contribution in [0.5, 0.6) is 0 Å². The van der Waals surface area contributed by atoms with E-state index in [2.05, 4.69) is 0 Å². The van der Waals surface area contributed by atoms with Crippen LogP contribution in [0.1, 0.15) is 0 Å². The molecule has 2 aliphatic heterocycles. The van der Waals surface area contributed by atoms with Gasteiger partial charge >= 0.3 is 0 Å². The van der Waals surface area contributed by atoms with Crippen LogP contribution in [0.3, 0.4) is 0 Å². The van der Waals surface area contributed by atoms with Crippen molar-refractivity contribution in [2.45, 2.75) is 98.0 Å². The number of aliphatic hydroxyl groups excluding tert-OH is 12. The number of rotatable bonds is 6. The number of hydrogen-bond acceptors (Lipinski definition) is 16. The lowest BCUT2D eigenvalue weighted by Crippen LogP contribution is -2.67. The molecule has 0 aromatic carbocycles. The van der Waals surface area contributed by atoms with Gasteiger partial charge < -0.3 is 80.2 Å². The second-order valence-electron chi connectivity index (χ2n) is 8.60. The molecule has 2 unspecified atom stereocenters. The average Bonchev–Trinajstić information content (AvgIpc) is 2.82. The molecule has 0 spiro atoms. The van der Waals surface area contributed by atoms with Gasteiger partial charge in [0.1, 0.15) is 85.5 Å². The lowest BCUT2D eigenvalue weighted by Gasteiger charge is -2.46. The predicted octanol–water partition coefficient (Wildman–Crippen LogP) is -8.19. The summed E-state index contributed by atoms with van der Waals surface area (Å²) in [5, 5.41) is 119. The van der Waals surface area contributed by atoms with Crippen LogP contribution < -0.4 is 0 Å². The third-order valence-corrected chi connectivity index (χ3v) is 6.31. The van der Waals surface area contributed by atoms with E-state index in [0.29, 0.717) is 0 Å². The standard InChI is InChI=1S/C18H32O16/c19-1-3-5(20)7(22)14(29)17(32-3)31-2-4-6(21)8(23)15(30)18(33-4)34-16-12(27)10(25)9(24)11(26)13(16)28/h3-30H,1-2H2/t3-,4-,5+,6+,7+,8+,9?,10-,11+,12+,13+,14-,15-,16?,17+,18-/m1/s1. The molecule has 34 heavy (non-hydrogen) atoms. The molecule has 0 radical (unpaired) electrons. The van der Waals surface area contributed by atoms with Crippen molar-refractivity contribution >= 4 is 0 Å². The van der Waals surface area contributed by atoms with Gasteiger partial charge in [-0.1, -0.05) is 0 Å². The molecule has 2 saturated heterocycles. The molecule has 0 aromatic heterocycles. The third-order valence-electron chi connectivity index (χ3n) is 6.31. The summed E-state index contributed by atoms with van der Waals surface area (Å²) in [4.78, 5) is 0. The largest absolute Gasteiger partial charge is 0.394 e. The summed E-state index contributed by atoms with van der Waals surface area (Å²) in [7, 11) is 0. The Kier molecular flexibility index (Phi) is 9.18. The smallest absolute Gasteiger partial charge is 0.187 e. The Morgan fingerprint density at radius 1 is 0.471 bits per heavy atom. The van der Waals surface area contributed by atoms with E-state index in [-0.39, 0.29) is 0 Å². The molecule has 3 aliphatic rings. The first-order valence-electron chi connectivity index (χ1n) is 10.6. The lowest BCUT2D eigenvalue weighted by atomic mass is 9.84. The molecule has 12 N–H and O–H groups in total. The highest BCUT2D eigenvalue weighted by Gasteiger charge is 2.53. The highest BCUT2D eigenvalue weighted by molar-refractivity contribution is 5.00. The lowest BCUT2D eigenvalue weighted by molar-refractivity contribution is -0.351. The molecule has 16 nitrogen and oxygen atoms in total. The molecule has 16 heteroatoms. The van der Waals surface area contributed by atoms with Gasteiger partial charge in [0, 0.05) is 0 Å². The fourth-order valence-corrected chi connectivity index (χ4v) is 4.07. The van der Waals surface area contributed by atoms with Crippen molar-refractivity contribution in [1.82, 2.24) is 0 Å². The minimum atomic E-state index is -1.93. The molecule has 0 amide bonds. The van der Waals surface area contributed by atoms with Crippen LogP contribution in [-0.4, -0.2) is 173 Å². The molecule has 1 saturated carbocycles. The molecule has 200 valence electrons. The van der Waals surface area contributed by atoms with Gasteiger partial charge in [0.05, 0.1) is 13.2 Å². The molecule has 2 heterocycles. The van der Waals surface area contributed by atoms with Crippen molar-refractivity contribution in [2.24, 2.45) is 0 Å². The van der Waals surface area contributed by atoms with Crippen molar-refractivity contribution in [3.63, 3.8) is 0 Å². The van der Waals surface area contributed by atoms with Gasteiger partial charge in [-0.3, -0.25) is 0 Å². The van der Waals surface area contributed by atoms with Crippen LogP contribution in [0, 0.1) is 0 Å². The van der Waals surface area contributed by atoms with Gasteiger partial charge in [-0.05, 0) is 0 Å². The zero-order valence-corrected chi connectivity index (χ0v) is 17.7. The summed E-state index contributed by atoms with van der Waals surface area (Å²) < 4.78 is 21.0. The number of ether oxygens (including phenoxy) is 4. The zero-order valence-electron chi connectivity index (χ0n) is 17.7. The van der Waals surface area contributed by atoms with E-state index in [4.69, 9.17) is 18.9 Å². The van der Waals surface area contributed by atoms with Crippen LogP contribution >= 0.6 is 0 Å². The number of hydrogen-bond donors (Lipinski definition) is 12. The fraction of sp³-hybridized carbons (Fsp3) is 1.00. The van der Waals surface area contributed by atoms with Crippen LogP contribution in [-0.2, 0) is 18.9 Å². The first-order valence-corrected chi connectivity index (χ1v) is 10.6. The van der Waals surface area contributed by atoms with Gasteiger partial charge in [-0.25, -0.2) is 0 Å². The summed E-state index contributed by atoms with van der Waals surface area (Å²) >= 11 is 0. The van der Waals surface area contributed by atoms with Gasteiger partial charge in [-0.15, -0.1) is 0 Å². The molecular formula is C18H32O16. The normalized spacial score (nSPS) is 54.7. The Balaban J connectivity index is 1.67. The summed E-state index contributed by atoms with van der Waals surface area (Å²) in [6, 6.07) is 0. The average molecular weight is 504 g/mol. The Morgan fingerprint density at radius 2 is 0.882 bits per heavy atom. The fourth-order valence-electron chi connectivity index (χ4n) is 4.07. The second kappa shape index (κ2) is 11.2. The molecule has 3 rings (SSSR count). The monoisotopic (exact) mass is 504 g/mol. The topological polar surface area (TPSA) is 280 Å². The van der Waals surface area contributed by atoms with Gasteiger partial charge in [0.25, 0.3) is 0 Å². The Morgan fingerprint density at radius 3 is 1.41 bits per heavy atom. The van der Waals surface area contributed by atoms with Crippen LogP contribution in [0.15, 0.2) is 0 Å². The first-order chi connectivity index (χ1) is 15.9. The molecular weight excluding hydrogens is 472 g/mol. The minimum Gasteiger partial charge on any atom is -0.394 e. The van der Waals surface area contributed by atoms with Gasteiger partial charge in [0.15, 0.2) is 12.6 Å². The van der Waals surface area contributed by atoms with Crippen molar-refractivity contribution in [3.05, 3.63) is 0 Å². The maximum Gasteiger partial charge on any atom is 0.187 e. The molecule has 1 aliphatic carbocycles. The highest BCUT2D eigenvalue weighted by atomic mass is 16.7. The molecule has 3 fully saturated rings. The van der Waals surface area contributed by atoms with Crippen LogP contribution in [0.4, 0.5) is 0 Å². The predicted molar refractivity (Wildman–Crippen MR) is 101 cm³/mol. The van der Waals surface area contributed by atoms with Crippen molar-refractivity contribution in [3.8, 4) is 0 Å². The van der Waals surface area contributed by atoms with Gasteiger partial charge in [-0.2, -0.15) is 0 Å². The Bertz CT molecular complexity index is 637. The van der Waals surface area contributed by atoms with E-state index in [9.17, 15) is 61.3 Å². The van der Waals surface area contributed by atoms with E-state index in [1.165, 1.54) is 0 Å². The highest BCUT2D eigenvalue weighted by Crippen LogP contribution is 2.30. The maximum atomic E-state index is 10.2. The van der Waals surface area contributed by atoms with E-state index in [1.54, 1.807) is 0 Å². The summed E-state index contributed by atoms with van der Waals surface area (Å²) in [6.07, 6.45) is -28.3. The maximum absolute atomic E-state index is 10.2. The molecule has 0 bridgehead atoms. The van der Waals surface area contributed by atoms with Crippen molar-refractivity contribution in [2.75, 3.05) is 13.2 Å². The Labute approximate surface area is 192 Å². The van der Waals surface area contributed by atoms with Crippen LogP contribution in [0.2, 0.25) is 0 Å². The van der Waals surface area contributed by atoms with E-state index in [0.717, 1.165) is 0 Å². The summed E-state index contributed by atoms with van der Waals surface area (Å²) in [5.41, 5.74) is 0. The van der Waals surface area contributed by atoms with Gasteiger partial charge in [0.2, 0.25) is 0 Å². The first kappa shape index (κ1) is 27.9. The van der Waals surface area contributed by atoms with Crippen LogP contribution in [0.25, 0.3) is 0 Å². The minimum absolute atomic E-state index is 0.646. The second-order valence-corrected chi connectivity index (χ2v) is 8.60. The Hall–Kier alpha value is -0.640. The van der Waals surface area contributed by atoms with Crippen molar-refractivity contribution < 1.29 is 80.2 Å². The zero-order chi connectivity index (χ0) is 25.5. The van der Waals surface area contributed by atoms with Crippen molar-refractivity contribution in [1.29, 1.82) is 0 Å².